The van der Waals surface area contributed by atoms with Crippen LogP contribution < -0.4 is 0 Å². The largest absolute Gasteiger partial charge is 0.481 e. The summed E-state index contributed by atoms with van der Waals surface area (Å²) in [6.07, 6.45) is 6.95. The molecule has 0 heterocycles. The molecule has 4 aliphatic rings. The van der Waals surface area contributed by atoms with Gasteiger partial charge in [-0.25, -0.2) is 0 Å². The van der Waals surface area contributed by atoms with E-state index in [1.165, 1.54) is 0 Å². The molecule has 0 aromatic carbocycles. The Morgan fingerprint density at radius 2 is 1.71 bits per heavy atom. The second-order valence-corrected chi connectivity index (χ2v) is 17.8. The van der Waals surface area contributed by atoms with Crippen molar-refractivity contribution in [3.63, 3.8) is 0 Å². The zero-order valence-corrected chi connectivity index (χ0v) is 26.8. The van der Waals surface area contributed by atoms with Crippen molar-refractivity contribution >= 4 is 52.5 Å². The Hall–Kier alpha value is 0.350. The number of aliphatic carboxylic acids is 1. The molecule has 0 aromatic heterocycles. The van der Waals surface area contributed by atoms with Crippen LogP contribution in [-0.4, -0.2) is 48.3 Å². The number of carbonyl (C=O) groups is 1. The predicted octanol–water partition coefficient (Wildman–Crippen LogP) is 7.75. The molecular weight excluding hydrogens is 563 g/mol. The SMILES string of the molecule is CC(C)=CC[C@@H](C(=O)O)[C@@H]1C2C[C@@H](O)C3[C@@]4(C)CC[C@@H](O)[C@@H](C)C4CC[C@]3(C)[C@@]2(C)C[C@@H]1SCC(Cl)(Cl)Cl. The highest BCUT2D eigenvalue weighted by atomic mass is 35.6. The fourth-order valence-electron chi connectivity index (χ4n) is 10.2. The van der Waals surface area contributed by atoms with Crippen LogP contribution in [0.3, 0.4) is 0 Å². The highest BCUT2D eigenvalue weighted by Crippen LogP contribution is 2.75. The van der Waals surface area contributed by atoms with E-state index in [0.29, 0.717) is 24.5 Å². The smallest absolute Gasteiger partial charge is 0.307 e. The number of halogens is 3. The number of aliphatic hydroxyl groups is 2. The summed E-state index contributed by atoms with van der Waals surface area (Å²) in [7, 11) is 0. The third-order valence-corrected chi connectivity index (χ3v) is 14.4. The molecule has 0 saturated heterocycles. The van der Waals surface area contributed by atoms with Crippen LogP contribution in [-0.2, 0) is 4.79 Å². The van der Waals surface area contributed by atoms with Crippen LogP contribution >= 0.6 is 46.6 Å². The lowest BCUT2D eigenvalue weighted by Crippen LogP contribution is -2.66. The molecule has 4 aliphatic carbocycles. The molecule has 4 rings (SSSR count). The van der Waals surface area contributed by atoms with E-state index in [1.807, 2.05) is 19.9 Å². The van der Waals surface area contributed by atoms with Crippen molar-refractivity contribution in [3.8, 4) is 0 Å². The number of carboxylic acids is 1. The van der Waals surface area contributed by atoms with E-state index in [9.17, 15) is 20.1 Å². The fourth-order valence-corrected chi connectivity index (χ4v) is 12.2. The number of hydrogen-bond donors (Lipinski definition) is 3. The zero-order valence-electron chi connectivity index (χ0n) is 23.7. The Kier molecular flexibility index (Phi) is 8.96. The maximum absolute atomic E-state index is 12.8. The molecule has 0 aliphatic heterocycles. The van der Waals surface area contributed by atoms with Crippen LogP contribution in [0, 0.1) is 51.8 Å². The summed E-state index contributed by atoms with van der Waals surface area (Å²) in [6.45, 7) is 13.3. The summed E-state index contributed by atoms with van der Waals surface area (Å²) in [6, 6.07) is 0. The summed E-state index contributed by atoms with van der Waals surface area (Å²) in [4.78, 5) is 12.8. The van der Waals surface area contributed by atoms with Gasteiger partial charge in [-0.3, -0.25) is 4.79 Å². The number of hydrogen-bond acceptors (Lipinski definition) is 4. The van der Waals surface area contributed by atoms with Crippen LogP contribution in [0.2, 0.25) is 0 Å². The van der Waals surface area contributed by atoms with E-state index >= 15 is 0 Å². The van der Waals surface area contributed by atoms with Gasteiger partial charge < -0.3 is 15.3 Å². The molecule has 218 valence electrons. The zero-order chi connectivity index (χ0) is 28.4. The van der Waals surface area contributed by atoms with E-state index in [0.717, 1.165) is 37.7 Å². The van der Waals surface area contributed by atoms with Crippen molar-refractivity contribution in [1.29, 1.82) is 0 Å². The van der Waals surface area contributed by atoms with Gasteiger partial charge in [0.05, 0.1) is 18.1 Å². The van der Waals surface area contributed by atoms with Crippen molar-refractivity contribution < 1.29 is 20.1 Å². The minimum atomic E-state index is -1.40. The van der Waals surface area contributed by atoms with Crippen LogP contribution in [0.1, 0.15) is 86.5 Å². The molecule has 3 N–H and O–H groups in total. The van der Waals surface area contributed by atoms with Crippen molar-refractivity contribution in [1.82, 2.24) is 0 Å². The molecular formula is C30H47Cl3O4S. The van der Waals surface area contributed by atoms with E-state index in [2.05, 4.69) is 27.7 Å². The van der Waals surface area contributed by atoms with Crippen LogP contribution in [0.5, 0.6) is 0 Å². The molecule has 12 atom stereocenters. The Balaban J connectivity index is 1.77. The molecule has 3 unspecified atom stereocenters. The third kappa shape index (κ3) is 5.21. The van der Waals surface area contributed by atoms with Gasteiger partial charge in [0.15, 0.2) is 3.79 Å². The number of carboxylic acid groups (broad SMARTS) is 1. The van der Waals surface area contributed by atoms with Gasteiger partial charge in [0.2, 0.25) is 0 Å². The summed E-state index contributed by atoms with van der Waals surface area (Å²) >= 11 is 20.2. The molecule has 38 heavy (non-hydrogen) atoms. The summed E-state index contributed by atoms with van der Waals surface area (Å²) in [5.41, 5.74) is 0.776. The van der Waals surface area contributed by atoms with Crippen molar-refractivity contribution in [2.45, 2.75) is 108 Å². The maximum atomic E-state index is 12.8. The van der Waals surface area contributed by atoms with Crippen molar-refractivity contribution in [2.75, 3.05) is 5.75 Å². The lowest BCUT2D eigenvalue weighted by Gasteiger charge is -2.69. The Morgan fingerprint density at radius 3 is 2.29 bits per heavy atom. The first-order valence-corrected chi connectivity index (χ1v) is 16.5. The minimum Gasteiger partial charge on any atom is -0.481 e. The Bertz CT molecular complexity index is 935. The van der Waals surface area contributed by atoms with Gasteiger partial charge in [-0.05, 0) is 105 Å². The van der Waals surface area contributed by atoms with Crippen LogP contribution in [0.15, 0.2) is 11.6 Å². The lowest BCUT2D eigenvalue weighted by molar-refractivity contribution is -0.240. The second-order valence-electron chi connectivity index (χ2n) is 14.0. The molecule has 0 radical (unpaired) electrons. The van der Waals surface area contributed by atoms with E-state index in [4.69, 9.17) is 34.8 Å². The van der Waals surface area contributed by atoms with Gasteiger partial charge in [-0.2, -0.15) is 11.8 Å². The van der Waals surface area contributed by atoms with Crippen molar-refractivity contribution in [3.05, 3.63) is 11.6 Å². The highest BCUT2D eigenvalue weighted by molar-refractivity contribution is 8.00. The summed E-state index contributed by atoms with van der Waals surface area (Å²) in [5.74, 6) is -0.327. The van der Waals surface area contributed by atoms with Gasteiger partial charge >= 0.3 is 5.97 Å². The first-order valence-electron chi connectivity index (χ1n) is 14.4. The van der Waals surface area contributed by atoms with Crippen LogP contribution in [0.4, 0.5) is 0 Å². The monoisotopic (exact) mass is 608 g/mol. The molecule has 0 aromatic rings. The third-order valence-electron chi connectivity index (χ3n) is 12.0. The van der Waals surface area contributed by atoms with Gasteiger partial charge in [0, 0.05) is 11.0 Å². The van der Waals surface area contributed by atoms with E-state index in [-0.39, 0.29) is 51.3 Å². The van der Waals surface area contributed by atoms with E-state index < -0.39 is 21.8 Å². The molecule has 0 amide bonds. The number of fused-ring (bicyclic) bond motifs is 5. The predicted molar refractivity (Wildman–Crippen MR) is 159 cm³/mol. The number of rotatable bonds is 6. The quantitative estimate of drug-likeness (QED) is 0.212. The summed E-state index contributed by atoms with van der Waals surface area (Å²) in [5, 5.41) is 33.2. The van der Waals surface area contributed by atoms with Gasteiger partial charge in [0.1, 0.15) is 0 Å². The molecule has 8 heteroatoms. The normalized spacial score (nSPS) is 47.4. The number of aliphatic hydroxyl groups excluding tert-OH is 2. The minimum absolute atomic E-state index is 0.0349. The number of allylic oxidation sites excluding steroid dienone is 2. The molecule has 0 spiro atoms. The lowest BCUT2D eigenvalue weighted by atomic mass is 9.36. The molecule has 4 fully saturated rings. The second kappa shape index (κ2) is 10.9. The van der Waals surface area contributed by atoms with Crippen LogP contribution in [0.25, 0.3) is 0 Å². The van der Waals surface area contributed by atoms with Gasteiger partial charge in [-0.15, -0.1) is 0 Å². The Labute approximate surface area is 248 Å². The highest BCUT2D eigenvalue weighted by Gasteiger charge is 2.71. The number of alkyl halides is 3. The average molecular weight is 610 g/mol. The average Bonchev–Trinajstić information content (AvgIpc) is 3.07. The summed E-state index contributed by atoms with van der Waals surface area (Å²) < 4.78 is -1.40. The number of thioether (sulfide) groups is 1. The van der Waals surface area contributed by atoms with E-state index in [1.54, 1.807) is 11.8 Å². The first kappa shape index (κ1) is 31.3. The van der Waals surface area contributed by atoms with Gasteiger partial charge in [-0.1, -0.05) is 74.1 Å². The fraction of sp³-hybridized carbons (Fsp3) is 0.900. The molecule has 4 nitrogen and oxygen atoms in total. The van der Waals surface area contributed by atoms with Gasteiger partial charge in [0.25, 0.3) is 0 Å². The molecule has 0 bridgehead atoms. The van der Waals surface area contributed by atoms with Crippen molar-refractivity contribution in [2.24, 2.45) is 51.8 Å². The Morgan fingerprint density at radius 1 is 1.05 bits per heavy atom. The first-order chi connectivity index (χ1) is 17.5. The topological polar surface area (TPSA) is 77.8 Å². The maximum Gasteiger partial charge on any atom is 0.307 e. The molecule has 4 saturated carbocycles. The standard InChI is InChI=1S/C30H47Cl3O4S/c1-16(2)7-8-18(26(36)37)24-20-13-22(35)25-27(4)11-10-21(34)17(3)19(27)9-12-28(25,5)29(20,6)14-23(24)38-15-30(31,32)33/h7,17-25,34-35H,8-15H2,1-6H3,(H,36,37)/t17-,18+,19?,20?,21+,22+,23-,24+,25?,27-,28-,29-/m0/s1.